The molecule has 0 atom stereocenters. The van der Waals surface area contributed by atoms with E-state index in [-0.39, 0.29) is 16.1 Å². The Morgan fingerprint density at radius 3 is 2.57 bits per heavy atom. The van der Waals surface area contributed by atoms with Crippen molar-refractivity contribution in [2.45, 2.75) is 18.4 Å². The van der Waals surface area contributed by atoms with Crippen LogP contribution in [0, 0.1) is 6.92 Å². The van der Waals surface area contributed by atoms with Gasteiger partial charge in [0.15, 0.2) is 4.67 Å². The number of furan rings is 1. The van der Waals surface area contributed by atoms with Crippen molar-refractivity contribution in [1.29, 1.82) is 0 Å². The van der Waals surface area contributed by atoms with Gasteiger partial charge < -0.3 is 10.2 Å². The molecule has 0 aliphatic heterocycles. The Kier molecular flexibility index (Phi) is 5.04. The van der Waals surface area contributed by atoms with Gasteiger partial charge in [0.2, 0.25) is 0 Å². The Morgan fingerprint density at radius 1 is 1.33 bits per heavy atom. The average molecular weight is 459 g/mol. The SMILES string of the molecule is Cc1cc(Br)c(NS(=O)(=O)c2cc(CN)oc2Br)cc1Cl. The number of anilines is 1. The first-order chi connectivity index (χ1) is 9.74. The van der Waals surface area contributed by atoms with Crippen LogP contribution in [0.15, 0.2) is 36.7 Å². The minimum absolute atomic E-state index is 0.0217. The summed E-state index contributed by atoms with van der Waals surface area (Å²) >= 11 is 12.4. The molecule has 2 rings (SSSR count). The van der Waals surface area contributed by atoms with Crippen molar-refractivity contribution in [3.63, 3.8) is 0 Å². The third-order valence-corrected chi connectivity index (χ3v) is 5.98. The highest BCUT2D eigenvalue weighted by Gasteiger charge is 2.23. The first-order valence-electron chi connectivity index (χ1n) is 5.71. The smallest absolute Gasteiger partial charge is 0.266 e. The van der Waals surface area contributed by atoms with Crippen LogP contribution in [0.3, 0.4) is 0 Å². The van der Waals surface area contributed by atoms with Gasteiger partial charge in [-0.15, -0.1) is 0 Å². The molecule has 114 valence electrons. The van der Waals surface area contributed by atoms with Gasteiger partial charge in [0, 0.05) is 15.6 Å². The van der Waals surface area contributed by atoms with Gasteiger partial charge in [0.1, 0.15) is 10.7 Å². The fraction of sp³-hybridized carbons (Fsp3) is 0.167. The Balaban J connectivity index is 2.42. The van der Waals surface area contributed by atoms with E-state index in [0.29, 0.717) is 20.9 Å². The monoisotopic (exact) mass is 456 g/mol. The van der Waals surface area contributed by atoms with Gasteiger partial charge in [-0.3, -0.25) is 4.72 Å². The predicted octanol–water partition coefficient (Wildman–Crippen LogP) is 4.03. The number of halogens is 3. The molecule has 1 aromatic carbocycles. The second kappa shape index (κ2) is 6.29. The predicted molar refractivity (Wildman–Crippen MR) is 89.0 cm³/mol. The maximum Gasteiger partial charge on any atom is 0.266 e. The molecule has 1 aromatic heterocycles. The van der Waals surface area contributed by atoms with Crippen molar-refractivity contribution in [3.05, 3.63) is 43.7 Å². The van der Waals surface area contributed by atoms with Crippen LogP contribution in [-0.4, -0.2) is 8.42 Å². The second-order valence-electron chi connectivity index (χ2n) is 4.24. The molecule has 0 amide bonds. The molecular formula is C12H11Br2ClN2O3S. The third kappa shape index (κ3) is 3.62. The van der Waals surface area contributed by atoms with Gasteiger partial charge in [-0.1, -0.05) is 11.6 Å². The number of nitrogens with two attached hydrogens (primary N) is 1. The fourth-order valence-electron chi connectivity index (χ4n) is 1.61. The van der Waals surface area contributed by atoms with Crippen molar-refractivity contribution < 1.29 is 12.8 Å². The summed E-state index contributed by atoms with van der Waals surface area (Å²) in [6.45, 7) is 1.93. The van der Waals surface area contributed by atoms with E-state index in [1.165, 1.54) is 12.1 Å². The summed E-state index contributed by atoms with van der Waals surface area (Å²) in [6, 6.07) is 4.64. The lowest BCUT2D eigenvalue weighted by Gasteiger charge is -2.10. The van der Waals surface area contributed by atoms with Crippen molar-refractivity contribution in [2.24, 2.45) is 5.73 Å². The van der Waals surface area contributed by atoms with Crippen molar-refractivity contribution in [3.8, 4) is 0 Å². The van der Waals surface area contributed by atoms with Crippen LogP contribution in [0.1, 0.15) is 11.3 Å². The lowest BCUT2D eigenvalue weighted by atomic mass is 10.2. The van der Waals surface area contributed by atoms with Crippen LogP contribution >= 0.6 is 43.5 Å². The number of rotatable bonds is 4. The molecule has 0 fully saturated rings. The van der Waals surface area contributed by atoms with Crippen LogP contribution in [-0.2, 0) is 16.6 Å². The summed E-state index contributed by atoms with van der Waals surface area (Å²) in [6.07, 6.45) is 0. The normalized spacial score (nSPS) is 11.7. The zero-order valence-electron chi connectivity index (χ0n) is 10.8. The highest BCUT2D eigenvalue weighted by Crippen LogP contribution is 2.33. The Bertz CT molecular complexity index is 790. The molecule has 0 saturated carbocycles. The van der Waals surface area contributed by atoms with Gasteiger partial charge in [-0.2, -0.15) is 0 Å². The van der Waals surface area contributed by atoms with Crippen LogP contribution < -0.4 is 10.5 Å². The minimum Gasteiger partial charge on any atom is -0.452 e. The molecular weight excluding hydrogens is 447 g/mol. The summed E-state index contributed by atoms with van der Waals surface area (Å²) in [5.41, 5.74) is 6.61. The van der Waals surface area contributed by atoms with Crippen molar-refractivity contribution in [1.82, 2.24) is 0 Å². The fourth-order valence-corrected chi connectivity index (χ4v) is 4.53. The number of aryl methyl sites for hydroxylation is 1. The number of sulfonamides is 1. The molecule has 0 aliphatic rings. The molecule has 2 aromatic rings. The summed E-state index contributed by atoms with van der Waals surface area (Å²) in [7, 11) is -3.82. The van der Waals surface area contributed by atoms with Gasteiger partial charge in [-0.05, 0) is 56.5 Å². The van der Waals surface area contributed by atoms with E-state index in [0.717, 1.165) is 5.56 Å². The summed E-state index contributed by atoms with van der Waals surface area (Å²) in [5, 5.41) is 0.463. The number of benzene rings is 1. The van der Waals surface area contributed by atoms with Crippen LogP contribution in [0.4, 0.5) is 5.69 Å². The molecule has 0 spiro atoms. The zero-order valence-corrected chi connectivity index (χ0v) is 15.5. The highest BCUT2D eigenvalue weighted by molar-refractivity contribution is 9.10. The highest BCUT2D eigenvalue weighted by atomic mass is 79.9. The van der Waals surface area contributed by atoms with Gasteiger partial charge in [0.25, 0.3) is 10.0 Å². The zero-order chi connectivity index (χ0) is 15.8. The molecule has 5 nitrogen and oxygen atoms in total. The van der Waals surface area contributed by atoms with Crippen LogP contribution in [0.2, 0.25) is 5.02 Å². The summed E-state index contributed by atoms with van der Waals surface area (Å²) in [5.74, 6) is 0.364. The molecule has 0 unspecified atom stereocenters. The average Bonchev–Trinajstić information content (AvgIpc) is 2.78. The summed E-state index contributed by atoms with van der Waals surface area (Å²) < 4.78 is 33.1. The first kappa shape index (κ1) is 16.8. The lowest BCUT2D eigenvalue weighted by Crippen LogP contribution is -2.13. The molecule has 0 saturated heterocycles. The number of nitrogens with one attached hydrogen (secondary N) is 1. The van der Waals surface area contributed by atoms with E-state index in [1.807, 2.05) is 6.92 Å². The van der Waals surface area contributed by atoms with E-state index < -0.39 is 10.0 Å². The van der Waals surface area contributed by atoms with Crippen molar-refractivity contribution >= 4 is 59.2 Å². The molecule has 21 heavy (non-hydrogen) atoms. The second-order valence-corrected chi connectivity index (χ2v) is 7.87. The third-order valence-electron chi connectivity index (χ3n) is 2.69. The Morgan fingerprint density at radius 2 is 2.00 bits per heavy atom. The molecule has 0 radical (unpaired) electrons. The quantitative estimate of drug-likeness (QED) is 0.725. The van der Waals surface area contributed by atoms with Crippen LogP contribution in [0.25, 0.3) is 0 Å². The van der Waals surface area contributed by atoms with Crippen LogP contribution in [0.5, 0.6) is 0 Å². The Hall–Kier alpha value is -0.540. The van der Waals surface area contributed by atoms with E-state index in [2.05, 4.69) is 36.6 Å². The van der Waals surface area contributed by atoms with E-state index in [4.69, 9.17) is 21.8 Å². The molecule has 3 N–H and O–H groups in total. The van der Waals surface area contributed by atoms with Gasteiger partial charge in [-0.25, -0.2) is 8.42 Å². The van der Waals surface area contributed by atoms with E-state index in [1.54, 1.807) is 6.07 Å². The Labute approximate surface area is 144 Å². The number of hydrogen-bond donors (Lipinski definition) is 2. The maximum absolute atomic E-state index is 12.4. The topological polar surface area (TPSA) is 85.3 Å². The molecule has 0 bridgehead atoms. The van der Waals surface area contributed by atoms with Crippen molar-refractivity contribution in [2.75, 3.05) is 4.72 Å². The number of hydrogen-bond acceptors (Lipinski definition) is 4. The minimum atomic E-state index is -3.82. The van der Waals surface area contributed by atoms with Gasteiger partial charge in [0.05, 0.1) is 12.2 Å². The molecule has 0 aliphatic carbocycles. The summed E-state index contributed by atoms with van der Waals surface area (Å²) in [4.78, 5) is -0.0217. The standard InChI is InChI=1S/C12H11Br2ClN2O3S/c1-6-2-8(13)10(4-9(6)15)17-21(18,19)11-3-7(5-16)20-12(11)14/h2-4,17H,5,16H2,1H3. The van der Waals surface area contributed by atoms with E-state index in [9.17, 15) is 8.42 Å². The largest absolute Gasteiger partial charge is 0.452 e. The van der Waals surface area contributed by atoms with Gasteiger partial charge >= 0.3 is 0 Å². The maximum atomic E-state index is 12.4. The molecule has 1 heterocycles. The van der Waals surface area contributed by atoms with E-state index >= 15 is 0 Å². The lowest BCUT2D eigenvalue weighted by molar-refractivity contribution is 0.484. The molecule has 9 heteroatoms. The first-order valence-corrected chi connectivity index (χ1v) is 9.16.